The topological polar surface area (TPSA) is 46.3 Å². The van der Waals surface area contributed by atoms with Gasteiger partial charge in [0.2, 0.25) is 0 Å². The molecule has 3 atom stereocenters. The van der Waals surface area contributed by atoms with Gasteiger partial charge in [0.05, 0.1) is 23.6 Å². The Morgan fingerprint density at radius 1 is 1.08 bits per heavy atom. The van der Waals surface area contributed by atoms with Crippen LogP contribution in [0.1, 0.15) is 30.4 Å². The molecule has 0 unspecified atom stereocenters. The van der Waals surface area contributed by atoms with E-state index in [9.17, 15) is 0 Å². The van der Waals surface area contributed by atoms with Crippen LogP contribution < -0.4 is 0 Å². The van der Waals surface area contributed by atoms with E-state index in [4.69, 9.17) is 4.99 Å². The first-order chi connectivity index (χ1) is 12.8. The number of aromatic nitrogens is 3. The van der Waals surface area contributed by atoms with E-state index >= 15 is 0 Å². The summed E-state index contributed by atoms with van der Waals surface area (Å²) in [6.07, 6.45) is 7.66. The molecule has 2 aliphatic rings. The van der Waals surface area contributed by atoms with Crippen LogP contribution in [-0.4, -0.2) is 36.4 Å². The van der Waals surface area contributed by atoms with Gasteiger partial charge in [-0.2, -0.15) is 0 Å². The molecule has 26 heavy (non-hydrogen) atoms. The fourth-order valence-electron chi connectivity index (χ4n) is 3.80. The lowest BCUT2D eigenvalue weighted by molar-refractivity contribution is 0.312. The third kappa shape index (κ3) is 2.52. The van der Waals surface area contributed by atoms with Gasteiger partial charge in [-0.1, -0.05) is 24.8 Å². The number of hydrogen-bond donors (Lipinski definition) is 0. The molecule has 5 heterocycles. The van der Waals surface area contributed by atoms with Crippen molar-refractivity contribution in [2.24, 2.45) is 4.99 Å². The van der Waals surface area contributed by atoms with Crippen molar-refractivity contribution in [3.05, 3.63) is 78.6 Å². The van der Waals surface area contributed by atoms with Crippen molar-refractivity contribution in [1.29, 1.82) is 0 Å². The maximum Gasteiger partial charge on any atom is 0.160 e. The fraction of sp³-hybridized carbons (Fsp3) is 0.250. The highest BCUT2D eigenvalue weighted by atomic mass is 32.2. The minimum Gasteiger partial charge on any atom is -0.339 e. The maximum atomic E-state index is 5.06. The van der Waals surface area contributed by atoms with Crippen molar-refractivity contribution >= 4 is 16.9 Å². The molecule has 0 radical (unpaired) electrons. The van der Waals surface area contributed by atoms with Crippen LogP contribution in [0.15, 0.2) is 72.2 Å². The molecule has 0 saturated carbocycles. The molecule has 130 valence electrons. The van der Waals surface area contributed by atoms with E-state index in [1.165, 1.54) is 5.69 Å². The number of hydrogen-bond acceptors (Lipinski definition) is 5. The van der Waals surface area contributed by atoms with Gasteiger partial charge in [-0.3, -0.25) is 15.0 Å². The first-order valence-electron chi connectivity index (χ1n) is 8.81. The summed E-state index contributed by atoms with van der Waals surface area (Å²) in [7, 11) is 0. The molecule has 3 aromatic heterocycles. The van der Waals surface area contributed by atoms with Crippen molar-refractivity contribution in [2.45, 2.75) is 24.3 Å². The van der Waals surface area contributed by atoms with Gasteiger partial charge >= 0.3 is 0 Å². The van der Waals surface area contributed by atoms with Gasteiger partial charge in [-0.05, 0) is 36.4 Å². The fourth-order valence-corrected chi connectivity index (χ4v) is 4.90. The average Bonchev–Trinajstić information content (AvgIpc) is 3.37. The Labute approximate surface area is 156 Å². The minimum absolute atomic E-state index is 0.0107. The molecule has 5 rings (SSSR count). The lowest BCUT2D eigenvalue weighted by Gasteiger charge is -2.28. The number of pyridine rings is 2. The summed E-state index contributed by atoms with van der Waals surface area (Å²) >= 11 is 1.86. The molecule has 3 aromatic rings. The highest BCUT2D eigenvalue weighted by Crippen LogP contribution is 2.47. The summed E-state index contributed by atoms with van der Waals surface area (Å²) in [5.41, 5.74) is 3.31. The molecular formula is C20H19N5S. The van der Waals surface area contributed by atoms with Crippen LogP contribution in [0, 0.1) is 0 Å². The third-order valence-corrected chi connectivity index (χ3v) is 5.99. The van der Waals surface area contributed by atoms with Gasteiger partial charge in [0.15, 0.2) is 5.17 Å². The number of rotatable bonds is 3. The molecule has 2 aliphatic heterocycles. The van der Waals surface area contributed by atoms with Crippen LogP contribution in [-0.2, 0) is 0 Å². The number of nitrogens with zero attached hydrogens (tertiary/aromatic N) is 5. The van der Waals surface area contributed by atoms with E-state index in [0.29, 0.717) is 5.25 Å². The standard InChI is InChI=1S/C20H19N5S/c1-14-13-25-19(17-8-5-11-24(17)15-6-4-9-21-12-15)18(23-20(25)26-14)16-7-2-3-10-22-16/h2-12,14,18-19H,13H2,1H3/t14-,18-,19-/m1/s1. The van der Waals surface area contributed by atoms with Gasteiger partial charge in [-0.25, -0.2) is 0 Å². The van der Waals surface area contributed by atoms with Gasteiger partial charge in [0, 0.05) is 36.1 Å². The van der Waals surface area contributed by atoms with E-state index in [-0.39, 0.29) is 12.1 Å². The molecule has 0 aromatic carbocycles. The Morgan fingerprint density at radius 3 is 2.85 bits per heavy atom. The van der Waals surface area contributed by atoms with Crippen LogP contribution in [0.2, 0.25) is 0 Å². The van der Waals surface area contributed by atoms with Crippen molar-refractivity contribution in [3.8, 4) is 5.69 Å². The molecule has 0 amide bonds. The van der Waals surface area contributed by atoms with Crippen LogP contribution in [0.3, 0.4) is 0 Å². The van der Waals surface area contributed by atoms with Crippen molar-refractivity contribution in [2.75, 3.05) is 6.54 Å². The Hall–Kier alpha value is -2.60. The summed E-state index contributed by atoms with van der Waals surface area (Å²) in [6, 6.07) is 14.6. The van der Waals surface area contributed by atoms with E-state index in [0.717, 1.165) is 23.1 Å². The number of thioether (sulfide) groups is 1. The maximum absolute atomic E-state index is 5.06. The monoisotopic (exact) mass is 361 g/mol. The van der Waals surface area contributed by atoms with Crippen molar-refractivity contribution in [3.63, 3.8) is 0 Å². The molecule has 1 fully saturated rings. The average molecular weight is 361 g/mol. The highest BCUT2D eigenvalue weighted by Gasteiger charge is 2.44. The van der Waals surface area contributed by atoms with Crippen molar-refractivity contribution < 1.29 is 0 Å². The van der Waals surface area contributed by atoms with Gasteiger partial charge in [0.25, 0.3) is 0 Å². The summed E-state index contributed by atoms with van der Waals surface area (Å²) in [6.45, 7) is 3.27. The Bertz CT molecular complexity index is 937. The molecule has 0 spiro atoms. The van der Waals surface area contributed by atoms with Crippen LogP contribution in [0.4, 0.5) is 0 Å². The SMILES string of the molecule is C[C@@H]1CN2C(=N[C@H](c3ccccn3)[C@H]2c2cccn2-c2cccnc2)S1. The minimum atomic E-state index is 0.0107. The third-order valence-electron chi connectivity index (χ3n) is 4.89. The lowest BCUT2D eigenvalue weighted by Crippen LogP contribution is -2.30. The Kier molecular flexibility index (Phi) is 3.78. The van der Waals surface area contributed by atoms with Crippen LogP contribution in [0.25, 0.3) is 5.69 Å². The summed E-state index contributed by atoms with van der Waals surface area (Å²) in [5, 5.41) is 1.69. The largest absolute Gasteiger partial charge is 0.339 e. The van der Waals surface area contributed by atoms with Gasteiger partial charge < -0.3 is 9.47 Å². The van der Waals surface area contributed by atoms with E-state index in [1.807, 2.05) is 42.4 Å². The number of fused-ring (bicyclic) bond motifs is 1. The molecule has 5 nitrogen and oxygen atoms in total. The van der Waals surface area contributed by atoms with Crippen LogP contribution >= 0.6 is 11.8 Å². The molecule has 0 bridgehead atoms. The highest BCUT2D eigenvalue weighted by molar-refractivity contribution is 8.14. The smallest absolute Gasteiger partial charge is 0.160 e. The molecule has 0 aliphatic carbocycles. The summed E-state index contributed by atoms with van der Waals surface area (Å²) in [4.78, 5) is 16.4. The Balaban J connectivity index is 1.62. The summed E-state index contributed by atoms with van der Waals surface area (Å²) in [5.74, 6) is 0. The molecular weight excluding hydrogens is 342 g/mol. The number of amidine groups is 1. The predicted octanol–water partition coefficient (Wildman–Crippen LogP) is 3.86. The molecule has 1 saturated heterocycles. The second kappa shape index (κ2) is 6.29. The zero-order chi connectivity index (χ0) is 17.5. The van der Waals surface area contributed by atoms with E-state index in [1.54, 1.807) is 6.20 Å². The van der Waals surface area contributed by atoms with Crippen molar-refractivity contribution in [1.82, 2.24) is 19.4 Å². The number of aliphatic imine (C=N–C) groups is 1. The quantitative estimate of drug-likeness (QED) is 0.711. The first-order valence-corrected chi connectivity index (χ1v) is 9.69. The summed E-state index contributed by atoms with van der Waals surface area (Å²) < 4.78 is 2.22. The first kappa shape index (κ1) is 15.6. The van der Waals surface area contributed by atoms with E-state index in [2.05, 4.69) is 56.8 Å². The zero-order valence-corrected chi connectivity index (χ0v) is 15.3. The van der Waals surface area contributed by atoms with Gasteiger partial charge in [-0.15, -0.1) is 0 Å². The molecule has 0 N–H and O–H groups in total. The lowest BCUT2D eigenvalue weighted by atomic mass is 10.0. The Morgan fingerprint density at radius 2 is 2.04 bits per heavy atom. The van der Waals surface area contributed by atoms with Crippen LogP contribution in [0.5, 0.6) is 0 Å². The second-order valence-corrected chi connectivity index (χ2v) is 8.06. The van der Waals surface area contributed by atoms with Gasteiger partial charge in [0.1, 0.15) is 6.04 Å². The normalized spacial score (nSPS) is 24.6. The predicted molar refractivity (Wildman–Crippen MR) is 104 cm³/mol. The molecule has 6 heteroatoms. The van der Waals surface area contributed by atoms with E-state index < -0.39 is 0 Å². The zero-order valence-electron chi connectivity index (χ0n) is 14.4. The second-order valence-electron chi connectivity index (χ2n) is 6.65.